The van der Waals surface area contributed by atoms with Gasteiger partial charge in [0.15, 0.2) is 46.3 Å². The van der Waals surface area contributed by atoms with E-state index in [0.717, 1.165) is 38.1 Å². The van der Waals surface area contributed by atoms with Crippen LogP contribution in [-0.4, -0.2) is 134 Å². The maximum Gasteiger partial charge on any atom is 0.224 e. The fraction of sp³-hybridized carbons (Fsp3) is 0.405. The van der Waals surface area contributed by atoms with Crippen LogP contribution in [0.5, 0.6) is 23.0 Å². The van der Waals surface area contributed by atoms with Crippen LogP contribution in [0.4, 0.5) is 41.1 Å². The van der Waals surface area contributed by atoms with Crippen molar-refractivity contribution in [2.75, 3.05) is 82.1 Å². The minimum atomic E-state index is -3.26. The molecule has 2 aliphatic heterocycles. The zero-order valence-electron chi connectivity index (χ0n) is 34.4. The summed E-state index contributed by atoms with van der Waals surface area (Å²) in [5, 5.41) is 16.1. The van der Waals surface area contributed by atoms with Crippen LogP contribution in [-0.2, 0) is 20.0 Å². The monoisotopic (exact) mass is 928 g/mol. The normalized spacial score (nSPS) is 15.5. The van der Waals surface area contributed by atoms with E-state index in [2.05, 4.69) is 30.6 Å². The lowest BCUT2D eigenvalue weighted by Gasteiger charge is -2.30. The molecule has 20 nitrogen and oxygen atoms in total. The number of nitrogens with two attached hydrogens (primary N) is 2. The van der Waals surface area contributed by atoms with Gasteiger partial charge in [-0.2, -0.15) is 9.97 Å². The smallest absolute Gasteiger partial charge is 0.224 e. The minimum absolute atomic E-state index is 0.0911. The number of hydrogen-bond acceptors (Lipinski definition) is 18. The van der Waals surface area contributed by atoms with Gasteiger partial charge in [0.2, 0.25) is 43.5 Å². The lowest BCUT2D eigenvalue weighted by Crippen LogP contribution is -2.42. The summed E-state index contributed by atoms with van der Waals surface area (Å²) < 4.78 is 120. The number of aromatic nitrogens is 4. The topological polar surface area (TPSA) is 284 Å². The van der Waals surface area contributed by atoms with Crippen LogP contribution in [0, 0.1) is 23.3 Å². The molecular weight excluding hydrogens is 885 g/mol. The maximum absolute atomic E-state index is 14.5. The van der Waals surface area contributed by atoms with Crippen molar-refractivity contribution in [2.24, 2.45) is 0 Å². The minimum Gasteiger partial charge on any atom is -0.504 e. The summed E-state index contributed by atoms with van der Waals surface area (Å²) in [5.74, 6) is -9.77. The highest BCUT2D eigenvalue weighted by Crippen LogP contribution is 2.37. The van der Waals surface area contributed by atoms with Crippen molar-refractivity contribution in [3.05, 3.63) is 70.0 Å². The summed E-state index contributed by atoms with van der Waals surface area (Å²) in [6.45, 7) is 1.37. The second-order valence-electron chi connectivity index (χ2n) is 14.2. The van der Waals surface area contributed by atoms with Crippen LogP contribution in [0.3, 0.4) is 0 Å². The van der Waals surface area contributed by atoms with Crippen molar-refractivity contribution >= 4 is 55.1 Å². The van der Waals surface area contributed by atoms with Gasteiger partial charge in [0.25, 0.3) is 0 Å². The zero-order chi connectivity index (χ0) is 46.6. The summed E-state index contributed by atoms with van der Waals surface area (Å²) in [7, 11) is -2.97. The molecule has 0 saturated carbocycles. The highest BCUT2D eigenvalue weighted by molar-refractivity contribution is 7.88. The molecule has 26 heteroatoms. The number of anilines is 4. The zero-order valence-corrected chi connectivity index (χ0v) is 36.0. The molecule has 2 saturated heterocycles. The van der Waals surface area contributed by atoms with Gasteiger partial charge in [0, 0.05) is 62.8 Å². The van der Waals surface area contributed by atoms with E-state index in [-0.39, 0.29) is 58.2 Å². The maximum atomic E-state index is 14.5. The van der Waals surface area contributed by atoms with E-state index in [1.807, 2.05) is 0 Å². The van der Waals surface area contributed by atoms with Gasteiger partial charge in [-0.3, -0.25) is 9.59 Å². The van der Waals surface area contributed by atoms with Crippen molar-refractivity contribution in [1.82, 2.24) is 28.5 Å². The largest absolute Gasteiger partial charge is 0.504 e. The molecule has 2 aromatic heterocycles. The quantitative estimate of drug-likeness (QED) is 0.0951. The van der Waals surface area contributed by atoms with Gasteiger partial charge in [-0.15, -0.1) is 0 Å². The number of nitrogens with one attached hydrogen (secondary N) is 2. The van der Waals surface area contributed by atoms with E-state index >= 15 is 0 Å². The first-order valence-electron chi connectivity index (χ1n) is 18.7. The summed E-state index contributed by atoms with van der Waals surface area (Å²) in [5.41, 5.74) is 9.52. The predicted molar refractivity (Wildman–Crippen MR) is 220 cm³/mol. The van der Waals surface area contributed by atoms with Crippen LogP contribution in [0.25, 0.3) is 0 Å². The van der Waals surface area contributed by atoms with E-state index < -0.39 is 77.5 Å². The first kappa shape index (κ1) is 47.9. The highest BCUT2D eigenvalue weighted by atomic mass is 32.2. The third kappa shape index (κ3) is 10.9. The van der Waals surface area contributed by atoms with E-state index in [9.17, 15) is 49.1 Å². The van der Waals surface area contributed by atoms with Crippen molar-refractivity contribution in [3.8, 4) is 23.0 Å². The number of sulfonamides is 2. The number of nitrogen functional groups attached to an aromatic ring is 2. The average molecular weight is 929 g/mol. The van der Waals surface area contributed by atoms with Gasteiger partial charge in [0.05, 0.1) is 45.0 Å². The third-order valence-corrected chi connectivity index (χ3v) is 12.6. The number of carbonyl (C=O) groups excluding carboxylic acids is 2. The Morgan fingerprint density at radius 1 is 0.683 bits per heavy atom. The van der Waals surface area contributed by atoms with Gasteiger partial charge < -0.3 is 41.4 Å². The Bertz CT molecular complexity index is 2610. The van der Waals surface area contributed by atoms with E-state index in [4.69, 9.17) is 25.7 Å². The molecule has 7 N–H and O–H groups in total. The lowest BCUT2D eigenvalue weighted by atomic mass is 10.0. The number of nitrogens with zero attached hydrogens (tertiary/aromatic N) is 6. The molecule has 2 fully saturated rings. The number of rotatable bonds is 13. The molecular formula is C37H44F4N10O10S2. The molecule has 2 aromatic carbocycles. The Labute approximate surface area is 359 Å². The standard InChI is InChI=1S/C19H23F2N5O5S.C18H21F2N5O5S/c1-30-13-8-12(20)15(21)14(17(13)31-2)16(27)11-9-23-19(25-18(11)22)24-10-4-6-26(7-5-10)32(3,28)29;1-30-12-7-11(19)14(20)13(16(12)27)15(26)10-8-22-18(24-17(10)21)23-9-3-5-25(6-4-9)31(2,28)29/h8-10H,4-7H2,1-3H3,(H3,22,23,24,25);7-9,27H,3-6H2,1-2H3,(H3,21,22,23,24). The number of benzene rings is 2. The number of piperidine rings is 2. The Hall–Kier alpha value is -6.12. The van der Waals surface area contributed by atoms with Crippen molar-refractivity contribution in [1.29, 1.82) is 0 Å². The molecule has 0 radical (unpaired) electrons. The molecule has 0 atom stereocenters. The molecule has 2 aliphatic rings. The molecule has 0 amide bonds. The summed E-state index contributed by atoms with van der Waals surface area (Å²) in [6, 6.07) is 1.17. The van der Waals surface area contributed by atoms with Crippen LogP contribution in [0.15, 0.2) is 24.5 Å². The molecule has 4 heterocycles. The number of phenolic OH excluding ortho intramolecular Hbond substituents is 1. The molecule has 0 spiro atoms. The van der Waals surface area contributed by atoms with Crippen molar-refractivity contribution < 1.29 is 63.3 Å². The number of aromatic hydroxyl groups is 1. The fourth-order valence-electron chi connectivity index (χ4n) is 6.68. The summed E-state index contributed by atoms with van der Waals surface area (Å²) in [4.78, 5) is 41.7. The van der Waals surface area contributed by atoms with Gasteiger partial charge in [-0.1, -0.05) is 0 Å². The number of ether oxygens (including phenoxy) is 3. The molecule has 63 heavy (non-hydrogen) atoms. The Kier molecular flexibility index (Phi) is 14.8. The first-order valence-corrected chi connectivity index (χ1v) is 22.4. The van der Waals surface area contributed by atoms with Crippen LogP contribution in [0.1, 0.15) is 57.5 Å². The summed E-state index contributed by atoms with van der Waals surface area (Å²) in [6.07, 6.45) is 6.54. The molecule has 4 aromatic rings. The van der Waals surface area contributed by atoms with E-state index in [1.165, 1.54) is 22.8 Å². The fourth-order valence-corrected chi connectivity index (χ4v) is 8.42. The van der Waals surface area contributed by atoms with Gasteiger partial charge in [-0.05, 0) is 25.7 Å². The van der Waals surface area contributed by atoms with Crippen LogP contribution < -0.4 is 36.3 Å². The molecule has 0 bridgehead atoms. The van der Waals surface area contributed by atoms with Crippen molar-refractivity contribution in [2.45, 2.75) is 37.8 Å². The van der Waals surface area contributed by atoms with Crippen molar-refractivity contribution in [3.63, 3.8) is 0 Å². The molecule has 342 valence electrons. The first-order chi connectivity index (χ1) is 29.6. The predicted octanol–water partition coefficient (Wildman–Crippen LogP) is 2.54. The second kappa shape index (κ2) is 19.5. The number of halogens is 4. The van der Waals surface area contributed by atoms with Crippen LogP contribution in [0.2, 0.25) is 0 Å². The Balaban J connectivity index is 0.000000238. The molecule has 6 rings (SSSR count). The van der Waals surface area contributed by atoms with E-state index in [0.29, 0.717) is 57.9 Å². The number of phenols is 1. The molecule has 0 aliphatic carbocycles. The average Bonchev–Trinajstić information content (AvgIpc) is 3.22. The Morgan fingerprint density at radius 2 is 1.06 bits per heavy atom. The van der Waals surface area contributed by atoms with Gasteiger partial charge >= 0.3 is 0 Å². The molecule has 0 unspecified atom stereocenters. The lowest BCUT2D eigenvalue weighted by molar-refractivity contribution is 0.102. The second-order valence-corrected chi connectivity index (χ2v) is 18.2. The SMILES string of the molecule is COc1cc(F)c(F)c(C(=O)c2cnc(NC3CCN(S(C)(=O)=O)CC3)nc2N)c1O.COc1cc(F)c(F)c(C(=O)c2cnc(NC3CCN(S(C)(=O)=O)CC3)nc2N)c1OC. The number of methoxy groups -OCH3 is 3. The number of hydrogen-bond donors (Lipinski definition) is 5. The number of carbonyl (C=O) groups is 2. The van der Waals surface area contributed by atoms with E-state index in [1.54, 1.807) is 0 Å². The summed E-state index contributed by atoms with van der Waals surface area (Å²) >= 11 is 0. The van der Waals surface area contributed by atoms with Gasteiger partial charge in [-0.25, -0.2) is 53.0 Å². The highest BCUT2D eigenvalue weighted by Gasteiger charge is 2.31. The van der Waals surface area contributed by atoms with Crippen LogP contribution >= 0.6 is 0 Å². The third-order valence-electron chi connectivity index (χ3n) is 10.0. The van der Waals surface area contributed by atoms with Gasteiger partial charge in [0.1, 0.15) is 22.8 Å². The Morgan fingerprint density at radius 3 is 1.43 bits per heavy atom. The number of ketones is 2.